The number of benzene rings is 1. The Hall–Kier alpha value is -1.40. The van der Waals surface area contributed by atoms with E-state index in [1.807, 2.05) is 0 Å². The van der Waals surface area contributed by atoms with Gasteiger partial charge in [0.25, 0.3) is 0 Å². The van der Waals surface area contributed by atoms with Crippen molar-refractivity contribution in [2.75, 3.05) is 7.11 Å². The molecule has 0 aromatic heterocycles. The van der Waals surface area contributed by atoms with Crippen LogP contribution in [0.5, 0.6) is 5.75 Å². The maximum absolute atomic E-state index is 11.0. The largest absolute Gasteiger partial charge is 0.497 e. The summed E-state index contributed by atoms with van der Waals surface area (Å²) in [6.07, 6.45) is 0. The number of methoxy groups -OCH3 is 1. The number of carbonyl (C=O) groups excluding carboxylic acids is 1. The fourth-order valence-electron chi connectivity index (χ4n) is 0.876. The van der Waals surface area contributed by atoms with Crippen LogP contribution >= 0.6 is 0 Å². The van der Waals surface area contributed by atoms with E-state index in [2.05, 4.69) is 0 Å². The zero-order valence-electron chi connectivity index (χ0n) is 7.30. The third-order valence-electron chi connectivity index (χ3n) is 1.56. The molecule has 1 aromatic rings. The van der Waals surface area contributed by atoms with Crippen molar-refractivity contribution < 1.29 is 22.5 Å². The lowest BCUT2D eigenvalue weighted by atomic mass is 10.2. The van der Waals surface area contributed by atoms with E-state index in [9.17, 15) is 13.2 Å². The molecule has 14 heavy (non-hydrogen) atoms. The molecule has 0 heterocycles. The van der Waals surface area contributed by atoms with Crippen LogP contribution in [0.1, 0.15) is 10.4 Å². The minimum Gasteiger partial charge on any atom is -0.497 e. The molecular formula is C8H8O5S. The van der Waals surface area contributed by atoms with Crippen LogP contribution in [0.2, 0.25) is 0 Å². The second-order valence-corrected chi connectivity index (χ2v) is 3.81. The smallest absolute Gasteiger partial charge is 0.333 e. The molecule has 0 spiro atoms. The van der Waals surface area contributed by atoms with E-state index < -0.39 is 15.2 Å². The van der Waals surface area contributed by atoms with E-state index >= 15 is 0 Å². The molecule has 0 atom stereocenters. The Bertz CT molecular complexity index is 431. The molecule has 1 N–H and O–H groups in total. The molecule has 0 fully saturated rings. The topological polar surface area (TPSA) is 80.7 Å². The van der Waals surface area contributed by atoms with E-state index in [4.69, 9.17) is 9.29 Å². The Balaban J connectivity index is 3.05. The van der Waals surface area contributed by atoms with Crippen LogP contribution in [0.4, 0.5) is 0 Å². The summed E-state index contributed by atoms with van der Waals surface area (Å²) in [5, 5.41) is -1.32. The minimum atomic E-state index is -4.66. The predicted octanol–water partition coefficient (Wildman–Crippen LogP) is 0.723. The quantitative estimate of drug-likeness (QED) is 0.737. The van der Waals surface area contributed by atoms with Gasteiger partial charge >= 0.3 is 15.2 Å². The van der Waals surface area contributed by atoms with E-state index in [-0.39, 0.29) is 5.56 Å². The predicted molar refractivity (Wildman–Crippen MR) is 48.9 cm³/mol. The minimum absolute atomic E-state index is 0.103. The first-order valence-corrected chi connectivity index (χ1v) is 5.05. The summed E-state index contributed by atoms with van der Waals surface area (Å²) in [5.41, 5.74) is -0.103. The molecular weight excluding hydrogens is 208 g/mol. The zero-order chi connectivity index (χ0) is 10.8. The fourth-order valence-corrected chi connectivity index (χ4v) is 1.31. The molecule has 6 heteroatoms. The lowest BCUT2D eigenvalue weighted by Gasteiger charge is -2.00. The van der Waals surface area contributed by atoms with Gasteiger partial charge in [-0.3, -0.25) is 9.35 Å². The maximum Gasteiger partial charge on any atom is 0.333 e. The Labute approximate surface area is 81.1 Å². The molecule has 1 rings (SSSR count). The first kappa shape index (κ1) is 10.7. The summed E-state index contributed by atoms with van der Waals surface area (Å²) >= 11 is 0. The van der Waals surface area contributed by atoms with Gasteiger partial charge in [-0.25, -0.2) is 0 Å². The normalized spacial score (nSPS) is 11.0. The van der Waals surface area contributed by atoms with Crippen LogP contribution in [-0.4, -0.2) is 25.2 Å². The Morgan fingerprint density at radius 3 is 2.14 bits per heavy atom. The van der Waals surface area contributed by atoms with Crippen molar-refractivity contribution in [2.24, 2.45) is 0 Å². The molecule has 0 bridgehead atoms. The molecule has 5 nitrogen and oxygen atoms in total. The van der Waals surface area contributed by atoms with Crippen LogP contribution in [0.15, 0.2) is 24.3 Å². The van der Waals surface area contributed by atoms with E-state index in [0.717, 1.165) is 0 Å². The zero-order valence-corrected chi connectivity index (χ0v) is 8.11. The van der Waals surface area contributed by atoms with Crippen molar-refractivity contribution in [3.8, 4) is 5.75 Å². The average molecular weight is 216 g/mol. The molecule has 0 saturated carbocycles. The third-order valence-corrected chi connectivity index (χ3v) is 2.26. The van der Waals surface area contributed by atoms with Crippen molar-refractivity contribution in [1.82, 2.24) is 0 Å². The number of hydrogen-bond acceptors (Lipinski definition) is 4. The summed E-state index contributed by atoms with van der Waals surface area (Å²) < 4.78 is 34.2. The summed E-state index contributed by atoms with van der Waals surface area (Å²) in [7, 11) is -3.21. The molecule has 76 valence electrons. The number of rotatable bonds is 2. The highest BCUT2D eigenvalue weighted by Gasteiger charge is 2.20. The van der Waals surface area contributed by atoms with Crippen LogP contribution < -0.4 is 4.74 Å². The van der Waals surface area contributed by atoms with Gasteiger partial charge in [0.15, 0.2) is 0 Å². The second-order valence-electron chi connectivity index (χ2n) is 2.49. The first-order chi connectivity index (χ1) is 6.45. The van der Waals surface area contributed by atoms with Crippen LogP contribution in [0, 0.1) is 0 Å². The van der Waals surface area contributed by atoms with Gasteiger partial charge in [0, 0.05) is 5.56 Å². The van der Waals surface area contributed by atoms with Crippen molar-refractivity contribution in [1.29, 1.82) is 0 Å². The van der Waals surface area contributed by atoms with Gasteiger partial charge in [0.2, 0.25) is 0 Å². The molecule has 0 amide bonds. The lowest BCUT2D eigenvalue weighted by molar-refractivity contribution is 0.106. The van der Waals surface area contributed by atoms with Gasteiger partial charge in [0.1, 0.15) is 5.75 Å². The first-order valence-electron chi connectivity index (χ1n) is 3.61. The Kier molecular flexibility index (Phi) is 2.87. The van der Waals surface area contributed by atoms with Gasteiger partial charge in [0.05, 0.1) is 7.11 Å². The van der Waals surface area contributed by atoms with Crippen molar-refractivity contribution in [3.63, 3.8) is 0 Å². The highest BCUT2D eigenvalue weighted by molar-refractivity contribution is 8.01. The number of hydrogen-bond donors (Lipinski definition) is 1. The SMILES string of the molecule is COc1ccc(C(=O)S(=O)(=O)O)cc1. The number of carbonyl (C=O) groups is 1. The molecule has 0 aliphatic carbocycles. The average Bonchev–Trinajstić information content (AvgIpc) is 2.15. The molecule has 0 aliphatic heterocycles. The standard InChI is InChI=1S/C8H8O5S/c1-13-7-4-2-6(3-5-7)8(9)14(10,11)12/h2-5H,1H3,(H,10,11,12). The summed E-state index contributed by atoms with van der Waals surface area (Å²) in [6, 6.07) is 5.38. The summed E-state index contributed by atoms with van der Waals surface area (Å²) in [6.45, 7) is 0. The van der Waals surface area contributed by atoms with Gasteiger partial charge in [-0.15, -0.1) is 0 Å². The van der Waals surface area contributed by atoms with Crippen LogP contribution in [0.25, 0.3) is 0 Å². The lowest BCUT2D eigenvalue weighted by Crippen LogP contribution is -2.13. The van der Waals surface area contributed by atoms with Gasteiger partial charge in [-0.05, 0) is 24.3 Å². The molecule has 0 aliphatic rings. The van der Waals surface area contributed by atoms with E-state index in [0.29, 0.717) is 5.75 Å². The van der Waals surface area contributed by atoms with Crippen molar-refractivity contribution in [3.05, 3.63) is 29.8 Å². The second kappa shape index (κ2) is 3.77. The molecule has 0 unspecified atom stereocenters. The van der Waals surface area contributed by atoms with E-state index in [1.54, 1.807) is 0 Å². The van der Waals surface area contributed by atoms with Crippen LogP contribution in [0.3, 0.4) is 0 Å². The summed E-state index contributed by atoms with van der Waals surface area (Å²) in [5.74, 6) is 0.497. The van der Waals surface area contributed by atoms with Crippen molar-refractivity contribution in [2.45, 2.75) is 0 Å². The van der Waals surface area contributed by atoms with Crippen molar-refractivity contribution >= 4 is 15.2 Å². The highest BCUT2D eigenvalue weighted by atomic mass is 32.2. The Morgan fingerprint density at radius 2 is 1.79 bits per heavy atom. The monoisotopic (exact) mass is 216 g/mol. The fraction of sp³-hybridized carbons (Fsp3) is 0.125. The van der Waals surface area contributed by atoms with E-state index in [1.165, 1.54) is 31.4 Å². The summed E-state index contributed by atoms with van der Waals surface area (Å²) in [4.78, 5) is 11.0. The molecule has 1 aromatic carbocycles. The van der Waals surface area contributed by atoms with Gasteiger partial charge < -0.3 is 4.74 Å². The third kappa shape index (κ3) is 2.30. The van der Waals surface area contributed by atoms with Crippen LogP contribution in [-0.2, 0) is 10.1 Å². The van der Waals surface area contributed by atoms with Gasteiger partial charge in [-0.1, -0.05) is 0 Å². The van der Waals surface area contributed by atoms with Gasteiger partial charge in [-0.2, -0.15) is 8.42 Å². The molecule has 0 radical (unpaired) electrons. The maximum atomic E-state index is 11.0. The Morgan fingerprint density at radius 1 is 1.29 bits per heavy atom. The molecule has 0 saturated heterocycles. The highest BCUT2D eigenvalue weighted by Crippen LogP contribution is 2.12. The number of ether oxygens (including phenoxy) is 1.